The van der Waals surface area contributed by atoms with E-state index < -0.39 is 0 Å². The van der Waals surface area contributed by atoms with Crippen LogP contribution in [0.3, 0.4) is 0 Å². The number of nitrogens with zero attached hydrogens (tertiary/aromatic N) is 1. The highest BCUT2D eigenvalue weighted by atomic mass is 16.5. The monoisotopic (exact) mass is 282 g/mol. The van der Waals surface area contributed by atoms with Crippen molar-refractivity contribution < 1.29 is 4.74 Å². The van der Waals surface area contributed by atoms with Gasteiger partial charge in [0, 0.05) is 38.4 Å². The van der Waals surface area contributed by atoms with E-state index in [1.54, 1.807) is 7.11 Å². The maximum Gasteiger partial charge on any atom is 0.0462 e. The van der Waals surface area contributed by atoms with Gasteiger partial charge >= 0.3 is 0 Å². The molecule has 3 heteroatoms. The minimum Gasteiger partial charge on any atom is -0.385 e. The molecule has 0 aromatic carbocycles. The highest BCUT2D eigenvalue weighted by Gasteiger charge is 2.36. The fourth-order valence-corrected chi connectivity index (χ4v) is 3.98. The van der Waals surface area contributed by atoms with E-state index in [0.717, 1.165) is 18.6 Å². The Kier molecular flexibility index (Phi) is 6.31. The van der Waals surface area contributed by atoms with Crippen LogP contribution < -0.4 is 5.32 Å². The Hall–Kier alpha value is -0.120. The first kappa shape index (κ1) is 16.3. The maximum absolute atomic E-state index is 5.18. The molecule has 0 radical (unpaired) electrons. The second kappa shape index (κ2) is 7.77. The summed E-state index contributed by atoms with van der Waals surface area (Å²) in [5.41, 5.74) is 0.270. The van der Waals surface area contributed by atoms with Crippen LogP contribution in [0, 0.1) is 5.92 Å². The van der Waals surface area contributed by atoms with E-state index in [4.69, 9.17) is 4.74 Å². The van der Waals surface area contributed by atoms with Crippen LogP contribution in [0.15, 0.2) is 0 Å². The van der Waals surface area contributed by atoms with Crippen LogP contribution >= 0.6 is 0 Å². The number of hydrogen-bond acceptors (Lipinski definition) is 3. The average molecular weight is 282 g/mol. The summed E-state index contributed by atoms with van der Waals surface area (Å²) < 4.78 is 5.18. The van der Waals surface area contributed by atoms with Crippen molar-refractivity contribution >= 4 is 0 Å². The summed E-state index contributed by atoms with van der Waals surface area (Å²) in [7, 11) is 1.80. The first-order valence-corrected chi connectivity index (χ1v) is 8.60. The Balaban J connectivity index is 1.88. The van der Waals surface area contributed by atoms with Gasteiger partial charge in [0.2, 0.25) is 0 Å². The van der Waals surface area contributed by atoms with Gasteiger partial charge in [-0.05, 0) is 52.0 Å². The number of hydrogen-bond donors (Lipinski definition) is 1. The van der Waals surface area contributed by atoms with Crippen molar-refractivity contribution in [1.82, 2.24) is 10.2 Å². The van der Waals surface area contributed by atoms with Gasteiger partial charge < -0.3 is 10.1 Å². The predicted octanol–water partition coefficient (Wildman–Crippen LogP) is 3.05. The molecule has 3 nitrogen and oxygen atoms in total. The van der Waals surface area contributed by atoms with Crippen molar-refractivity contribution in [3.8, 4) is 0 Å². The molecule has 1 saturated carbocycles. The number of methoxy groups -OCH3 is 1. The molecule has 1 aliphatic heterocycles. The normalized spacial score (nSPS) is 28.6. The van der Waals surface area contributed by atoms with E-state index in [2.05, 4.69) is 24.1 Å². The molecule has 1 unspecified atom stereocenters. The third kappa shape index (κ3) is 4.71. The Bertz CT molecular complexity index is 274. The number of nitrogens with one attached hydrogen (secondary N) is 1. The zero-order valence-corrected chi connectivity index (χ0v) is 13.8. The maximum atomic E-state index is 5.18. The highest BCUT2D eigenvalue weighted by molar-refractivity contribution is 4.95. The van der Waals surface area contributed by atoms with Gasteiger partial charge in [0.05, 0.1) is 0 Å². The Labute approximate surface area is 125 Å². The molecule has 0 aromatic heterocycles. The predicted molar refractivity (Wildman–Crippen MR) is 85.1 cm³/mol. The van der Waals surface area contributed by atoms with E-state index in [0.29, 0.717) is 0 Å². The molecule has 1 aliphatic carbocycles. The fraction of sp³-hybridized carbons (Fsp3) is 1.00. The average Bonchev–Trinajstić information content (AvgIpc) is 2.44. The molecule has 1 saturated heterocycles. The lowest BCUT2D eigenvalue weighted by Gasteiger charge is -2.48. The second-order valence-corrected chi connectivity index (χ2v) is 7.40. The molecule has 118 valence electrons. The van der Waals surface area contributed by atoms with Crippen molar-refractivity contribution in [2.45, 2.75) is 70.4 Å². The van der Waals surface area contributed by atoms with Crippen molar-refractivity contribution in [1.29, 1.82) is 0 Å². The van der Waals surface area contributed by atoms with Crippen molar-refractivity contribution in [2.75, 3.05) is 33.4 Å². The van der Waals surface area contributed by atoms with Gasteiger partial charge in [-0.2, -0.15) is 0 Å². The molecule has 1 heterocycles. The number of unbranched alkanes of at least 4 members (excludes halogenated alkanes) is 1. The van der Waals surface area contributed by atoms with E-state index >= 15 is 0 Å². The van der Waals surface area contributed by atoms with Crippen LogP contribution in [0.5, 0.6) is 0 Å². The first-order chi connectivity index (χ1) is 9.62. The van der Waals surface area contributed by atoms with Crippen molar-refractivity contribution in [3.63, 3.8) is 0 Å². The molecule has 2 rings (SSSR count). The van der Waals surface area contributed by atoms with Gasteiger partial charge in [-0.25, -0.2) is 0 Å². The SMILES string of the molecule is COCCCCN1CC(C)(C)NCC1C1CCCCC1. The van der Waals surface area contributed by atoms with Gasteiger partial charge in [-0.3, -0.25) is 4.90 Å². The summed E-state index contributed by atoms with van der Waals surface area (Å²) >= 11 is 0. The lowest BCUT2D eigenvalue weighted by molar-refractivity contribution is 0.0451. The standard InChI is InChI=1S/C17H34N2O/c1-17(2)14-19(11-7-8-12-20-3)16(13-18-17)15-9-5-4-6-10-15/h15-16,18H,4-14H2,1-3H3. The van der Waals surface area contributed by atoms with E-state index in [1.165, 1.54) is 64.6 Å². The zero-order chi connectivity index (χ0) is 14.4. The topological polar surface area (TPSA) is 24.5 Å². The van der Waals surface area contributed by atoms with Crippen LogP contribution in [-0.4, -0.2) is 49.8 Å². The highest BCUT2D eigenvalue weighted by Crippen LogP contribution is 2.31. The Morgan fingerprint density at radius 3 is 2.60 bits per heavy atom. The molecule has 20 heavy (non-hydrogen) atoms. The molecule has 0 amide bonds. The molecule has 0 spiro atoms. The lowest BCUT2D eigenvalue weighted by Crippen LogP contribution is -2.63. The largest absolute Gasteiger partial charge is 0.385 e. The zero-order valence-electron chi connectivity index (χ0n) is 13.8. The van der Waals surface area contributed by atoms with Crippen LogP contribution in [0.1, 0.15) is 58.8 Å². The summed E-state index contributed by atoms with van der Waals surface area (Å²) in [5, 5.41) is 3.77. The summed E-state index contributed by atoms with van der Waals surface area (Å²) in [4.78, 5) is 2.78. The van der Waals surface area contributed by atoms with Crippen molar-refractivity contribution in [3.05, 3.63) is 0 Å². The summed E-state index contributed by atoms with van der Waals surface area (Å²) in [6.45, 7) is 9.21. The molecule has 0 aromatic rings. The third-order valence-corrected chi connectivity index (χ3v) is 5.09. The van der Waals surface area contributed by atoms with Crippen LogP contribution in [-0.2, 0) is 4.74 Å². The molecular formula is C17H34N2O. The Morgan fingerprint density at radius 2 is 1.90 bits per heavy atom. The molecule has 2 fully saturated rings. The van der Waals surface area contributed by atoms with Gasteiger partial charge in [0.15, 0.2) is 0 Å². The number of rotatable bonds is 6. The smallest absolute Gasteiger partial charge is 0.0462 e. The van der Waals surface area contributed by atoms with E-state index in [9.17, 15) is 0 Å². The fourth-order valence-electron chi connectivity index (χ4n) is 3.98. The number of piperazine rings is 1. The lowest BCUT2D eigenvalue weighted by atomic mass is 9.81. The summed E-state index contributed by atoms with van der Waals surface area (Å²) in [6, 6.07) is 0.769. The molecule has 2 aliphatic rings. The van der Waals surface area contributed by atoms with Gasteiger partial charge in [-0.1, -0.05) is 19.3 Å². The van der Waals surface area contributed by atoms with Gasteiger partial charge in [0.25, 0.3) is 0 Å². The second-order valence-electron chi connectivity index (χ2n) is 7.40. The molecular weight excluding hydrogens is 248 g/mol. The third-order valence-electron chi connectivity index (χ3n) is 5.09. The van der Waals surface area contributed by atoms with Gasteiger partial charge in [0.1, 0.15) is 0 Å². The van der Waals surface area contributed by atoms with Gasteiger partial charge in [-0.15, -0.1) is 0 Å². The van der Waals surface area contributed by atoms with Crippen molar-refractivity contribution in [2.24, 2.45) is 5.92 Å². The minimum absolute atomic E-state index is 0.270. The molecule has 1 N–H and O–H groups in total. The molecule has 1 atom stereocenters. The van der Waals surface area contributed by atoms with E-state index in [1.807, 2.05) is 0 Å². The van der Waals surface area contributed by atoms with E-state index in [-0.39, 0.29) is 5.54 Å². The quantitative estimate of drug-likeness (QED) is 0.758. The minimum atomic E-state index is 0.270. The summed E-state index contributed by atoms with van der Waals surface area (Å²) in [5.74, 6) is 0.926. The first-order valence-electron chi connectivity index (χ1n) is 8.60. The van der Waals surface area contributed by atoms with Crippen LogP contribution in [0.25, 0.3) is 0 Å². The summed E-state index contributed by atoms with van der Waals surface area (Å²) in [6.07, 6.45) is 9.70. The number of ether oxygens (including phenoxy) is 1. The molecule has 0 bridgehead atoms. The van der Waals surface area contributed by atoms with Crippen LogP contribution in [0.2, 0.25) is 0 Å². The Morgan fingerprint density at radius 1 is 1.15 bits per heavy atom. The van der Waals surface area contributed by atoms with Crippen LogP contribution in [0.4, 0.5) is 0 Å².